The molecule has 122 valence electrons. The van der Waals surface area contributed by atoms with Crippen LogP contribution in [0, 0.1) is 12.7 Å². The van der Waals surface area contributed by atoms with Crippen LogP contribution >= 0.6 is 11.6 Å². The summed E-state index contributed by atoms with van der Waals surface area (Å²) in [5.74, 6) is -0.799. The van der Waals surface area contributed by atoms with Crippen LogP contribution in [0.5, 0.6) is 0 Å². The van der Waals surface area contributed by atoms with Crippen LogP contribution in [-0.2, 0) is 6.54 Å². The average Bonchev–Trinajstić information content (AvgIpc) is 2.56. The van der Waals surface area contributed by atoms with E-state index in [0.717, 1.165) is 5.56 Å². The zero-order valence-corrected chi connectivity index (χ0v) is 13.6. The lowest BCUT2D eigenvalue weighted by Gasteiger charge is -2.10. The number of anilines is 1. The summed E-state index contributed by atoms with van der Waals surface area (Å²) in [6.45, 7) is 1.97. The largest absolute Gasteiger partial charge is 0.381 e. The van der Waals surface area contributed by atoms with Gasteiger partial charge in [0.15, 0.2) is 11.6 Å². The number of nitrogens with two attached hydrogens (primary N) is 1. The summed E-state index contributed by atoms with van der Waals surface area (Å²) < 4.78 is 15.0. The van der Waals surface area contributed by atoms with Crippen molar-refractivity contribution in [2.75, 3.05) is 5.73 Å². The van der Waals surface area contributed by atoms with Crippen molar-refractivity contribution in [3.05, 3.63) is 74.9 Å². The molecule has 24 heavy (non-hydrogen) atoms. The van der Waals surface area contributed by atoms with Crippen molar-refractivity contribution in [2.45, 2.75) is 13.5 Å². The second-order valence-corrected chi connectivity index (χ2v) is 5.83. The third-order valence-corrected chi connectivity index (χ3v) is 3.82. The van der Waals surface area contributed by atoms with Gasteiger partial charge in [-0.3, -0.25) is 4.79 Å². The molecule has 0 radical (unpaired) electrons. The number of nitrogens with zero attached hydrogens (tertiary/aromatic N) is 3. The Hall–Kier alpha value is -2.73. The highest BCUT2D eigenvalue weighted by Crippen LogP contribution is 2.19. The Morgan fingerprint density at radius 1 is 1.25 bits per heavy atom. The fourth-order valence-electron chi connectivity index (χ4n) is 2.27. The smallest absolute Gasteiger partial charge is 0.270 e. The van der Waals surface area contributed by atoms with E-state index >= 15 is 0 Å². The monoisotopic (exact) mass is 344 g/mol. The quantitative estimate of drug-likeness (QED) is 0.792. The fourth-order valence-corrected chi connectivity index (χ4v) is 2.40. The van der Waals surface area contributed by atoms with Gasteiger partial charge >= 0.3 is 0 Å². The Morgan fingerprint density at radius 3 is 2.62 bits per heavy atom. The summed E-state index contributed by atoms with van der Waals surface area (Å²) in [5.41, 5.74) is 7.47. The molecule has 2 N–H and O–H groups in total. The molecular weight excluding hydrogens is 331 g/mol. The summed E-state index contributed by atoms with van der Waals surface area (Å²) in [4.78, 5) is 16.1. The highest BCUT2D eigenvalue weighted by molar-refractivity contribution is 6.30. The first-order valence-corrected chi connectivity index (χ1v) is 7.56. The minimum atomic E-state index is -0.623. The van der Waals surface area contributed by atoms with Gasteiger partial charge in [-0.1, -0.05) is 23.7 Å². The van der Waals surface area contributed by atoms with Crippen LogP contribution in [0.15, 0.2) is 47.4 Å². The number of benzene rings is 1. The standard InChI is InChI=1S/C17H14ClFN4O/c1-10-6-15(12-7-14(19)16(20)21-8-12)22-23(17(10)24)9-11-2-4-13(18)5-3-11/h2-8H,9H2,1H3,(H2,20,21). The summed E-state index contributed by atoms with van der Waals surface area (Å²) in [5, 5.41) is 4.93. The van der Waals surface area contributed by atoms with E-state index in [1.165, 1.54) is 16.9 Å². The number of halogens is 2. The molecule has 0 spiro atoms. The number of aryl methyl sites for hydroxylation is 1. The zero-order valence-electron chi connectivity index (χ0n) is 12.8. The Balaban J connectivity index is 2.03. The van der Waals surface area contributed by atoms with Crippen molar-refractivity contribution in [3.63, 3.8) is 0 Å². The van der Waals surface area contributed by atoms with E-state index in [1.807, 2.05) is 12.1 Å². The number of pyridine rings is 1. The molecule has 3 rings (SSSR count). The van der Waals surface area contributed by atoms with Gasteiger partial charge in [-0.05, 0) is 36.8 Å². The summed E-state index contributed by atoms with van der Waals surface area (Å²) in [6, 6.07) is 10.00. The fraction of sp³-hybridized carbons (Fsp3) is 0.118. The van der Waals surface area contributed by atoms with E-state index in [4.69, 9.17) is 17.3 Å². The maximum absolute atomic E-state index is 13.6. The normalized spacial score (nSPS) is 10.8. The van der Waals surface area contributed by atoms with Crippen LogP contribution in [0.3, 0.4) is 0 Å². The zero-order chi connectivity index (χ0) is 17.3. The van der Waals surface area contributed by atoms with Gasteiger partial charge in [-0.2, -0.15) is 5.10 Å². The molecule has 2 heterocycles. The predicted molar refractivity (Wildman–Crippen MR) is 91.4 cm³/mol. The van der Waals surface area contributed by atoms with E-state index in [2.05, 4.69) is 10.1 Å². The number of hydrogen-bond acceptors (Lipinski definition) is 4. The molecule has 0 amide bonds. The van der Waals surface area contributed by atoms with Gasteiger partial charge in [0.2, 0.25) is 0 Å². The summed E-state index contributed by atoms with van der Waals surface area (Å²) >= 11 is 5.87. The number of rotatable bonds is 3. The first-order valence-electron chi connectivity index (χ1n) is 7.18. The Labute approximate surface area is 142 Å². The Morgan fingerprint density at radius 2 is 1.96 bits per heavy atom. The molecule has 0 saturated heterocycles. The molecule has 0 fully saturated rings. The van der Waals surface area contributed by atoms with Crippen molar-refractivity contribution in [1.29, 1.82) is 0 Å². The van der Waals surface area contributed by atoms with E-state index in [9.17, 15) is 9.18 Å². The van der Waals surface area contributed by atoms with E-state index in [1.54, 1.807) is 25.1 Å². The highest BCUT2D eigenvalue weighted by Gasteiger charge is 2.10. The van der Waals surface area contributed by atoms with Crippen molar-refractivity contribution < 1.29 is 4.39 Å². The molecule has 0 aliphatic heterocycles. The van der Waals surface area contributed by atoms with Crippen molar-refractivity contribution in [1.82, 2.24) is 14.8 Å². The molecule has 2 aromatic heterocycles. The van der Waals surface area contributed by atoms with Crippen molar-refractivity contribution in [3.8, 4) is 11.3 Å². The Kier molecular flexibility index (Phi) is 4.31. The van der Waals surface area contributed by atoms with Gasteiger partial charge < -0.3 is 5.73 Å². The lowest BCUT2D eigenvalue weighted by molar-refractivity contribution is 0.624. The third-order valence-electron chi connectivity index (χ3n) is 3.56. The molecule has 1 aromatic carbocycles. The van der Waals surface area contributed by atoms with Crippen LogP contribution in [0.25, 0.3) is 11.3 Å². The van der Waals surface area contributed by atoms with Crippen LogP contribution in [-0.4, -0.2) is 14.8 Å². The van der Waals surface area contributed by atoms with Crippen LogP contribution in [0.2, 0.25) is 5.02 Å². The van der Waals surface area contributed by atoms with Crippen LogP contribution in [0.1, 0.15) is 11.1 Å². The number of nitrogen functional groups attached to an aromatic ring is 1. The molecule has 0 aliphatic rings. The topological polar surface area (TPSA) is 73.8 Å². The first-order chi connectivity index (χ1) is 11.4. The molecule has 0 atom stereocenters. The molecule has 0 unspecified atom stereocenters. The second kappa shape index (κ2) is 6.41. The minimum absolute atomic E-state index is 0.176. The lowest BCUT2D eigenvalue weighted by Crippen LogP contribution is -2.25. The van der Waals surface area contributed by atoms with Gasteiger partial charge in [0.05, 0.1) is 12.2 Å². The third kappa shape index (κ3) is 3.28. The predicted octanol–water partition coefficient (Wildman–Crippen LogP) is 3.04. The number of aromatic nitrogens is 3. The molecular formula is C17H14ClFN4O. The van der Waals surface area contributed by atoms with Gasteiger partial charge in [0.1, 0.15) is 0 Å². The van der Waals surface area contributed by atoms with Gasteiger partial charge in [0, 0.05) is 22.3 Å². The van der Waals surface area contributed by atoms with Gasteiger partial charge in [0.25, 0.3) is 5.56 Å². The minimum Gasteiger partial charge on any atom is -0.381 e. The average molecular weight is 345 g/mol. The van der Waals surface area contributed by atoms with Gasteiger partial charge in [-0.25, -0.2) is 14.1 Å². The van der Waals surface area contributed by atoms with Crippen LogP contribution in [0.4, 0.5) is 10.2 Å². The van der Waals surface area contributed by atoms with E-state index < -0.39 is 5.82 Å². The molecule has 3 aromatic rings. The van der Waals surface area contributed by atoms with Crippen molar-refractivity contribution >= 4 is 17.4 Å². The highest BCUT2D eigenvalue weighted by atomic mass is 35.5. The SMILES string of the molecule is Cc1cc(-c2cnc(N)c(F)c2)nn(Cc2ccc(Cl)cc2)c1=O. The molecule has 0 saturated carbocycles. The first kappa shape index (κ1) is 16.1. The molecule has 0 aliphatic carbocycles. The summed E-state index contributed by atoms with van der Waals surface area (Å²) in [7, 11) is 0. The maximum Gasteiger partial charge on any atom is 0.270 e. The second-order valence-electron chi connectivity index (χ2n) is 5.39. The van der Waals surface area contributed by atoms with E-state index in [0.29, 0.717) is 21.8 Å². The van der Waals surface area contributed by atoms with E-state index in [-0.39, 0.29) is 17.9 Å². The van der Waals surface area contributed by atoms with Gasteiger partial charge in [-0.15, -0.1) is 0 Å². The van der Waals surface area contributed by atoms with Crippen molar-refractivity contribution in [2.24, 2.45) is 0 Å². The number of hydrogen-bond donors (Lipinski definition) is 1. The maximum atomic E-state index is 13.6. The van der Waals surface area contributed by atoms with Crippen LogP contribution < -0.4 is 11.3 Å². The summed E-state index contributed by atoms with van der Waals surface area (Å²) in [6.07, 6.45) is 1.43. The molecule has 0 bridgehead atoms. The molecule has 5 nitrogen and oxygen atoms in total. The Bertz CT molecular complexity index is 954. The molecule has 7 heteroatoms. The lowest BCUT2D eigenvalue weighted by atomic mass is 10.1.